The Morgan fingerprint density at radius 2 is 1.72 bits per heavy atom. The normalized spacial score (nSPS) is 14.8. The highest BCUT2D eigenvalue weighted by atomic mass is 16.5. The van der Waals surface area contributed by atoms with Crippen molar-refractivity contribution < 1.29 is 19.1 Å². The monoisotopic (exact) mass is 348 g/mol. The van der Waals surface area contributed by atoms with Gasteiger partial charge in [0.1, 0.15) is 5.41 Å². The van der Waals surface area contributed by atoms with Crippen LogP contribution in [0.3, 0.4) is 0 Å². The predicted molar refractivity (Wildman–Crippen MR) is 95.8 cm³/mol. The van der Waals surface area contributed by atoms with Gasteiger partial charge in [-0.2, -0.15) is 0 Å². The third kappa shape index (κ3) is 4.65. The zero-order valence-electron chi connectivity index (χ0n) is 15.5. The molecule has 6 heteroatoms. The molecule has 0 heterocycles. The van der Waals surface area contributed by atoms with Crippen molar-refractivity contribution >= 4 is 11.8 Å². The molecule has 0 bridgehead atoms. The second-order valence-corrected chi connectivity index (χ2v) is 6.88. The largest absolute Gasteiger partial charge is 0.493 e. The Morgan fingerprint density at radius 3 is 2.28 bits per heavy atom. The van der Waals surface area contributed by atoms with Gasteiger partial charge in [-0.3, -0.25) is 9.59 Å². The molecule has 0 spiro atoms. The summed E-state index contributed by atoms with van der Waals surface area (Å²) in [5.74, 6) is 1.39. The van der Waals surface area contributed by atoms with Gasteiger partial charge in [-0.25, -0.2) is 0 Å². The Hall–Kier alpha value is -2.24. The number of hydrogen-bond donors (Lipinski definition) is 2. The van der Waals surface area contributed by atoms with Gasteiger partial charge < -0.3 is 20.1 Å². The zero-order valence-corrected chi connectivity index (χ0v) is 15.5. The molecular weight excluding hydrogens is 320 g/mol. The van der Waals surface area contributed by atoms with Crippen LogP contribution in [-0.4, -0.2) is 39.1 Å². The number of nitrogens with one attached hydrogen (secondary N) is 2. The number of benzene rings is 1. The summed E-state index contributed by atoms with van der Waals surface area (Å²) in [6, 6.07) is 5.68. The minimum absolute atomic E-state index is 0.148. The van der Waals surface area contributed by atoms with E-state index in [1.165, 1.54) is 0 Å². The summed E-state index contributed by atoms with van der Waals surface area (Å²) in [6.45, 7) is 5.14. The molecule has 1 aromatic rings. The number of ether oxygens (including phenoxy) is 2. The van der Waals surface area contributed by atoms with Crippen LogP contribution in [0.5, 0.6) is 11.5 Å². The van der Waals surface area contributed by atoms with Crippen LogP contribution in [0.4, 0.5) is 0 Å². The Morgan fingerprint density at radius 1 is 1.08 bits per heavy atom. The fourth-order valence-electron chi connectivity index (χ4n) is 2.67. The number of methoxy groups -OCH3 is 2. The molecule has 0 saturated heterocycles. The minimum Gasteiger partial charge on any atom is -0.493 e. The Kier molecular flexibility index (Phi) is 6.28. The molecule has 6 nitrogen and oxygen atoms in total. The average molecular weight is 348 g/mol. The Labute approximate surface area is 149 Å². The van der Waals surface area contributed by atoms with Crippen molar-refractivity contribution in [1.29, 1.82) is 0 Å². The lowest BCUT2D eigenvalue weighted by Gasteiger charge is -2.16. The van der Waals surface area contributed by atoms with Crippen LogP contribution in [0.15, 0.2) is 18.2 Å². The summed E-state index contributed by atoms with van der Waals surface area (Å²) in [7, 11) is 3.19. The lowest BCUT2D eigenvalue weighted by molar-refractivity contribution is -0.137. The highest BCUT2D eigenvalue weighted by molar-refractivity contribution is 6.07. The zero-order chi connectivity index (χ0) is 18.4. The fourth-order valence-corrected chi connectivity index (χ4v) is 2.67. The van der Waals surface area contributed by atoms with Gasteiger partial charge in [0.05, 0.1) is 14.2 Å². The lowest BCUT2D eigenvalue weighted by atomic mass is 10.0. The van der Waals surface area contributed by atoms with Crippen molar-refractivity contribution in [2.75, 3.05) is 27.3 Å². The third-order valence-electron chi connectivity index (χ3n) is 4.44. The van der Waals surface area contributed by atoms with E-state index in [2.05, 4.69) is 10.6 Å². The number of carbonyl (C=O) groups is 2. The predicted octanol–water partition coefficient (Wildman–Crippen LogP) is 1.91. The summed E-state index contributed by atoms with van der Waals surface area (Å²) in [6.07, 6.45) is 1.91. The van der Waals surface area contributed by atoms with Gasteiger partial charge in [0.25, 0.3) is 0 Å². The van der Waals surface area contributed by atoms with Crippen molar-refractivity contribution in [1.82, 2.24) is 10.6 Å². The molecule has 138 valence electrons. The van der Waals surface area contributed by atoms with Gasteiger partial charge in [-0.15, -0.1) is 0 Å². The van der Waals surface area contributed by atoms with Gasteiger partial charge in [0.15, 0.2) is 11.5 Å². The first-order valence-electron chi connectivity index (χ1n) is 8.70. The molecule has 0 unspecified atom stereocenters. The van der Waals surface area contributed by atoms with Crippen LogP contribution in [0.1, 0.15) is 32.3 Å². The summed E-state index contributed by atoms with van der Waals surface area (Å²) < 4.78 is 10.5. The number of carbonyl (C=O) groups excluding carboxylic acids is 2. The SMILES string of the molecule is COc1ccc(CCNC(=O)C2(C(=O)NCC(C)C)CC2)cc1OC. The van der Waals surface area contributed by atoms with Crippen LogP contribution < -0.4 is 20.1 Å². The van der Waals surface area contributed by atoms with Crippen LogP contribution in [0, 0.1) is 11.3 Å². The first-order chi connectivity index (χ1) is 11.9. The highest BCUT2D eigenvalue weighted by Crippen LogP contribution is 2.46. The van der Waals surface area contributed by atoms with Crippen LogP contribution in [0.2, 0.25) is 0 Å². The van der Waals surface area contributed by atoms with E-state index in [4.69, 9.17) is 9.47 Å². The summed E-state index contributed by atoms with van der Waals surface area (Å²) >= 11 is 0. The standard InChI is InChI=1S/C19H28N2O4/c1-13(2)12-21-18(23)19(8-9-19)17(22)20-10-7-14-5-6-15(24-3)16(11-14)25-4/h5-6,11,13H,7-10,12H2,1-4H3,(H,20,22)(H,21,23). The maximum Gasteiger partial charge on any atom is 0.235 e. The fraction of sp³-hybridized carbons (Fsp3) is 0.579. The maximum atomic E-state index is 12.4. The molecule has 1 aliphatic carbocycles. The molecule has 0 radical (unpaired) electrons. The molecule has 1 fully saturated rings. The number of hydrogen-bond acceptors (Lipinski definition) is 4. The molecule has 25 heavy (non-hydrogen) atoms. The van der Waals surface area contributed by atoms with E-state index in [-0.39, 0.29) is 11.8 Å². The smallest absolute Gasteiger partial charge is 0.235 e. The first kappa shape index (κ1) is 19.1. The molecular formula is C19H28N2O4. The molecule has 2 N–H and O–H groups in total. The molecule has 1 aliphatic rings. The molecule has 1 aromatic carbocycles. The lowest BCUT2D eigenvalue weighted by Crippen LogP contribution is -2.44. The van der Waals surface area contributed by atoms with Crippen LogP contribution in [0.25, 0.3) is 0 Å². The van der Waals surface area contributed by atoms with Gasteiger partial charge in [0.2, 0.25) is 11.8 Å². The van der Waals surface area contributed by atoms with Crippen molar-refractivity contribution in [2.24, 2.45) is 11.3 Å². The van der Waals surface area contributed by atoms with E-state index in [9.17, 15) is 9.59 Å². The van der Waals surface area contributed by atoms with Crippen LogP contribution >= 0.6 is 0 Å². The second-order valence-electron chi connectivity index (χ2n) is 6.88. The molecule has 2 rings (SSSR count). The van der Waals surface area contributed by atoms with E-state index in [0.717, 1.165) is 5.56 Å². The molecule has 0 aromatic heterocycles. The van der Waals surface area contributed by atoms with Gasteiger partial charge in [0, 0.05) is 13.1 Å². The number of amides is 2. The Balaban J connectivity index is 1.85. The number of rotatable bonds is 9. The topological polar surface area (TPSA) is 76.7 Å². The second kappa shape index (κ2) is 8.23. The highest BCUT2D eigenvalue weighted by Gasteiger charge is 2.56. The van der Waals surface area contributed by atoms with Crippen molar-refractivity contribution in [3.05, 3.63) is 23.8 Å². The van der Waals surface area contributed by atoms with E-state index in [1.54, 1.807) is 14.2 Å². The van der Waals surface area contributed by atoms with Crippen molar-refractivity contribution in [2.45, 2.75) is 33.1 Å². The average Bonchev–Trinajstić information content (AvgIpc) is 3.41. The van der Waals surface area contributed by atoms with Gasteiger partial charge >= 0.3 is 0 Å². The van der Waals surface area contributed by atoms with E-state index in [0.29, 0.717) is 49.8 Å². The van der Waals surface area contributed by atoms with Gasteiger partial charge in [-0.05, 0) is 42.9 Å². The maximum absolute atomic E-state index is 12.4. The van der Waals surface area contributed by atoms with Crippen molar-refractivity contribution in [3.63, 3.8) is 0 Å². The summed E-state index contributed by atoms with van der Waals surface area (Å²) in [5.41, 5.74) is 0.180. The molecule has 2 amide bonds. The summed E-state index contributed by atoms with van der Waals surface area (Å²) in [4.78, 5) is 24.7. The first-order valence-corrected chi connectivity index (χ1v) is 8.70. The molecule has 0 atom stereocenters. The van der Waals surface area contributed by atoms with E-state index in [1.807, 2.05) is 32.0 Å². The summed E-state index contributed by atoms with van der Waals surface area (Å²) in [5, 5.41) is 5.77. The molecule has 0 aliphatic heterocycles. The van der Waals surface area contributed by atoms with E-state index < -0.39 is 5.41 Å². The minimum atomic E-state index is -0.855. The Bertz CT molecular complexity index is 624. The third-order valence-corrected chi connectivity index (χ3v) is 4.44. The van der Waals surface area contributed by atoms with E-state index >= 15 is 0 Å². The van der Waals surface area contributed by atoms with Crippen LogP contribution in [-0.2, 0) is 16.0 Å². The van der Waals surface area contributed by atoms with Crippen molar-refractivity contribution in [3.8, 4) is 11.5 Å². The van der Waals surface area contributed by atoms with Gasteiger partial charge in [-0.1, -0.05) is 19.9 Å². The quantitative estimate of drug-likeness (QED) is 0.669. The molecule has 1 saturated carbocycles.